The monoisotopic (exact) mass is 286 g/mol. The van der Waals surface area contributed by atoms with Crippen molar-refractivity contribution in [1.82, 2.24) is 5.32 Å². The molecule has 114 valence electrons. The second-order valence-electron chi connectivity index (χ2n) is 6.79. The highest BCUT2D eigenvalue weighted by Gasteiger charge is 2.39. The van der Waals surface area contributed by atoms with E-state index in [0.29, 0.717) is 12.0 Å². The van der Waals surface area contributed by atoms with Crippen LogP contribution in [0, 0.1) is 19.8 Å². The topological polar surface area (TPSA) is 32.3 Å². The second kappa shape index (κ2) is 5.80. The third-order valence-corrected chi connectivity index (χ3v) is 5.21. The number of carbonyl (C=O) groups excluding carboxylic acids is 1. The molecule has 2 fully saturated rings. The molecule has 1 heterocycles. The summed E-state index contributed by atoms with van der Waals surface area (Å²) >= 11 is 0. The van der Waals surface area contributed by atoms with Crippen molar-refractivity contribution < 1.29 is 4.79 Å². The minimum Gasteiger partial charge on any atom is -0.314 e. The summed E-state index contributed by atoms with van der Waals surface area (Å²) in [5, 5.41) is 3.58. The molecular formula is C18H26N2O. The molecule has 1 N–H and O–H groups in total. The molecule has 1 saturated carbocycles. The molecule has 0 spiro atoms. The number of likely N-dealkylation sites (N-methyl/N-ethyl adjacent to an activating group) is 1. The van der Waals surface area contributed by atoms with E-state index in [9.17, 15) is 4.79 Å². The largest absolute Gasteiger partial charge is 0.314 e. The maximum atomic E-state index is 12.8. The number of fused-ring (bicyclic) bond motifs is 1. The maximum Gasteiger partial charge on any atom is 0.243 e. The molecule has 3 atom stereocenters. The lowest BCUT2D eigenvalue weighted by molar-refractivity contribution is -0.120. The Morgan fingerprint density at radius 1 is 1.24 bits per heavy atom. The standard InChI is InChI=1S/C18H26N2O/c1-12-8-9-17(13(2)10-12)20(3)18(21)16-11-14-6-4-5-7-15(14)19-16/h8-10,14-16,19H,4-7,11H2,1-3H3. The number of anilines is 1. The van der Waals surface area contributed by atoms with Crippen molar-refractivity contribution >= 4 is 11.6 Å². The molecule has 0 aromatic heterocycles. The third-order valence-electron chi connectivity index (χ3n) is 5.21. The number of nitrogens with one attached hydrogen (secondary N) is 1. The van der Waals surface area contributed by atoms with Gasteiger partial charge in [0.2, 0.25) is 5.91 Å². The number of aryl methyl sites for hydroxylation is 2. The van der Waals surface area contributed by atoms with Gasteiger partial charge in [0.15, 0.2) is 0 Å². The summed E-state index contributed by atoms with van der Waals surface area (Å²) in [5.74, 6) is 0.927. The molecule has 21 heavy (non-hydrogen) atoms. The summed E-state index contributed by atoms with van der Waals surface area (Å²) in [5.41, 5.74) is 3.44. The molecule has 0 radical (unpaired) electrons. The molecular weight excluding hydrogens is 260 g/mol. The van der Waals surface area contributed by atoms with Gasteiger partial charge in [-0.1, -0.05) is 30.5 Å². The maximum absolute atomic E-state index is 12.8. The van der Waals surface area contributed by atoms with Crippen molar-refractivity contribution in [3.8, 4) is 0 Å². The van der Waals surface area contributed by atoms with Gasteiger partial charge < -0.3 is 10.2 Å². The van der Waals surface area contributed by atoms with Crippen molar-refractivity contribution in [2.45, 2.75) is 58.0 Å². The molecule has 3 nitrogen and oxygen atoms in total. The van der Waals surface area contributed by atoms with E-state index in [1.165, 1.54) is 36.8 Å². The number of nitrogens with zero attached hydrogens (tertiary/aromatic N) is 1. The normalized spacial score (nSPS) is 28.2. The zero-order chi connectivity index (χ0) is 15.0. The van der Waals surface area contributed by atoms with Crippen LogP contribution in [0.2, 0.25) is 0 Å². The highest BCUT2D eigenvalue weighted by atomic mass is 16.2. The van der Waals surface area contributed by atoms with Crippen LogP contribution >= 0.6 is 0 Å². The van der Waals surface area contributed by atoms with Gasteiger partial charge in [0, 0.05) is 18.8 Å². The van der Waals surface area contributed by atoms with Crippen molar-refractivity contribution in [3.63, 3.8) is 0 Å². The van der Waals surface area contributed by atoms with Crippen molar-refractivity contribution in [2.75, 3.05) is 11.9 Å². The van der Waals surface area contributed by atoms with Gasteiger partial charge >= 0.3 is 0 Å². The summed E-state index contributed by atoms with van der Waals surface area (Å²) in [6.07, 6.45) is 6.17. The van der Waals surface area contributed by atoms with Gasteiger partial charge in [-0.2, -0.15) is 0 Å². The van der Waals surface area contributed by atoms with Crippen LogP contribution in [0.25, 0.3) is 0 Å². The molecule has 1 aliphatic heterocycles. The van der Waals surface area contributed by atoms with Gasteiger partial charge in [-0.25, -0.2) is 0 Å². The quantitative estimate of drug-likeness (QED) is 0.905. The number of benzene rings is 1. The van der Waals surface area contributed by atoms with Gasteiger partial charge in [-0.3, -0.25) is 4.79 Å². The molecule has 2 aliphatic rings. The van der Waals surface area contributed by atoms with Crippen LogP contribution in [-0.2, 0) is 4.79 Å². The van der Waals surface area contributed by atoms with Crippen molar-refractivity contribution in [3.05, 3.63) is 29.3 Å². The van der Waals surface area contributed by atoms with Gasteiger partial charge in [0.25, 0.3) is 0 Å². The van der Waals surface area contributed by atoms with Gasteiger partial charge in [0.05, 0.1) is 6.04 Å². The fourth-order valence-electron chi connectivity index (χ4n) is 4.04. The SMILES string of the molecule is Cc1ccc(N(C)C(=O)C2CC3CCCCC3N2)c(C)c1. The Kier molecular flexibility index (Phi) is 4.03. The van der Waals surface area contributed by atoms with E-state index in [1.54, 1.807) is 0 Å². The van der Waals surface area contributed by atoms with Crippen molar-refractivity contribution in [2.24, 2.45) is 5.92 Å². The smallest absolute Gasteiger partial charge is 0.243 e. The summed E-state index contributed by atoms with van der Waals surface area (Å²) in [4.78, 5) is 14.6. The minimum atomic E-state index is 0.00352. The average Bonchev–Trinajstić information content (AvgIpc) is 2.89. The molecule has 1 aromatic rings. The average molecular weight is 286 g/mol. The highest BCUT2D eigenvalue weighted by Crippen LogP contribution is 2.34. The summed E-state index contributed by atoms with van der Waals surface area (Å²) in [6, 6.07) is 6.85. The number of hydrogen-bond donors (Lipinski definition) is 1. The molecule has 3 heteroatoms. The van der Waals surface area contributed by atoms with Gasteiger partial charge in [-0.15, -0.1) is 0 Å². The first-order chi connectivity index (χ1) is 10.1. The molecule has 1 aromatic carbocycles. The van der Waals surface area contributed by atoms with E-state index in [4.69, 9.17) is 0 Å². The van der Waals surface area contributed by atoms with Crippen LogP contribution in [0.3, 0.4) is 0 Å². The fourth-order valence-corrected chi connectivity index (χ4v) is 4.04. The van der Waals surface area contributed by atoms with Crippen molar-refractivity contribution in [1.29, 1.82) is 0 Å². The number of amides is 1. The predicted octanol–water partition coefficient (Wildman–Crippen LogP) is 3.19. The Hall–Kier alpha value is -1.35. The Morgan fingerprint density at radius 3 is 2.71 bits per heavy atom. The summed E-state index contributed by atoms with van der Waals surface area (Å²) < 4.78 is 0. The Balaban J connectivity index is 1.73. The first-order valence-electron chi connectivity index (χ1n) is 8.17. The summed E-state index contributed by atoms with van der Waals surface area (Å²) in [6.45, 7) is 4.16. The first-order valence-corrected chi connectivity index (χ1v) is 8.17. The van der Waals surface area contributed by atoms with E-state index < -0.39 is 0 Å². The van der Waals surface area contributed by atoms with E-state index in [0.717, 1.165) is 12.1 Å². The van der Waals surface area contributed by atoms with E-state index in [2.05, 4.69) is 37.4 Å². The fraction of sp³-hybridized carbons (Fsp3) is 0.611. The molecule has 0 bridgehead atoms. The number of hydrogen-bond acceptors (Lipinski definition) is 2. The predicted molar refractivity (Wildman–Crippen MR) is 86.6 cm³/mol. The molecule has 1 amide bonds. The first kappa shape index (κ1) is 14.6. The molecule has 3 unspecified atom stereocenters. The van der Waals surface area contributed by atoms with Crippen LogP contribution in [0.15, 0.2) is 18.2 Å². The van der Waals surface area contributed by atoms with Gasteiger partial charge in [-0.05, 0) is 50.7 Å². The Bertz CT molecular complexity index is 526. The lowest BCUT2D eigenvalue weighted by atomic mass is 9.85. The lowest BCUT2D eigenvalue weighted by Crippen LogP contribution is -2.44. The zero-order valence-corrected chi connectivity index (χ0v) is 13.4. The van der Waals surface area contributed by atoms with E-state index in [-0.39, 0.29) is 11.9 Å². The van der Waals surface area contributed by atoms with Crippen LogP contribution in [0.5, 0.6) is 0 Å². The molecule has 1 aliphatic carbocycles. The second-order valence-corrected chi connectivity index (χ2v) is 6.79. The minimum absolute atomic E-state index is 0.00352. The Morgan fingerprint density at radius 2 is 2.00 bits per heavy atom. The molecule has 3 rings (SSSR count). The van der Waals surface area contributed by atoms with Crippen LogP contribution in [-0.4, -0.2) is 25.0 Å². The lowest BCUT2D eigenvalue weighted by Gasteiger charge is -2.24. The number of rotatable bonds is 2. The van der Waals surface area contributed by atoms with Crippen LogP contribution in [0.4, 0.5) is 5.69 Å². The summed E-state index contributed by atoms with van der Waals surface area (Å²) in [7, 11) is 1.91. The number of carbonyl (C=O) groups is 1. The zero-order valence-electron chi connectivity index (χ0n) is 13.4. The van der Waals surface area contributed by atoms with Gasteiger partial charge in [0.1, 0.15) is 0 Å². The van der Waals surface area contributed by atoms with E-state index in [1.807, 2.05) is 11.9 Å². The third kappa shape index (κ3) is 2.84. The van der Waals surface area contributed by atoms with Crippen LogP contribution < -0.4 is 10.2 Å². The van der Waals surface area contributed by atoms with Crippen LogP contribution in [0.1, 0.15) is 43.2 Å². The van der Waals surface area contributed by atoms with E-state index >= 15 is 0 Å². The Labute approximate surface area is 127 Å². The highest BCUT2D eigenvalue weighted by molar-refractivity contribution is 5.97. The molecule has 1 saturated heterocycles.